The van der Waals surface area contributed by atoms with Gasteiger partial charge in [0.2, 0.25) is 0 Å². The van der Waals surface area contributed by atoms with Crippen LogP contribution < -0.4 is 0 Å². The summed E-state index contributed by atoms with van der Waals surface area (Å²) >= 11 is 0. The van der Waals surface area contributed by atoms with Crippen molar-refractivity contribution in [1.82, 2.24) is 0 Å². The van der Waals surface area contributed by atoms with Crippen LogP contribution >= 0.6 is 0 Å². The molecule has 3 aromatic carbocycles. The molecule has 106 valence electrons. The number of hydrogen-bond donors (Lipinski definition) is 2. The Morgan fingerprint density at radius 2 is 1.48 bits per heavy atom. The molecule has 0 saturated heterocycles. The second kappa shape index (κ2) is 5.13. The first-order valence-corrected chi connectivity index (χ1v) is 7.11. The highest BCUT2D eigenvalue weighted by Crippen LogP contribution is 2.38. The van der Waals surface area contributed by atoms with Gasteiger partial charge in [-0.1, -0.05) is 50.2 Å². The Balaban J connectivity index is 2.18. The van der Waals surface area contributed by atoms with Crippen LogP contribution in [0.3, 0.4) is 0 Å². The molecule has 0 aromatic heterocycles. The van der Waals surface area contributed by atoms with Gasteiger partial charge in [0.05, 0.1) is 0 Å². The van der Waals surface area contributed by atoms with Gasteiger partial charge in [0.1, 0.15) is 0 Å². The van der Waals surface area contributed by atoms with Gasteiger partial charge in [0.25, 0.3) is 0 Å². The van der Waals surface area contributed by atoms with Crippen molar-refractivity contribution in [2.24, 2.45) is 0 Å². The van der Waals surface area contributed by atoms with E-state index in [0.717, 1.165) is 22.1 Å². The van der Waals surface area contributed by atoms with Crippen molar-refractivity contribution in [3.63, 3.8) is 0 Å². The first-order chi connectivity index (χ1) is 10.1. The number of rotatable bonds is 2. The van der Waals surface area contributed by atoms with E-state index in [4.69, 9.17) is 0 Å². The molecule has 2 N–H and O–H groups in total. The van der Waals surface area contributed by atoms with E-state index in [9.17, 15) is 10.2 Å². The number of phenols is 2. The lowest BCUT2D eigenvalue weighted by molar-refractivity contribution is 0.398. The average Bonchev–Trinajstić information content (AvgIpc) is 2.49. The molecule has 0 unspecified atom stereocenters. The Kier molecular flexibility index (Phi) is 3.30. The maximum atomic E-state index is 9.96. The quantitative estimate of drug-likeness (QED) is 0.644. The minimum atomic E-state index is -0.0654. The summed E-state index contributed by atoms with van der Waals surface area (Å²) in [6.45, 7) is 4.00. The maximum absolute atomic E-state index is 9.96. The number of benzene rings is 3. The van der Waals surface area contributed by atoms with Crippen molar-refractivity contribution in [3.05, 3.63) is 60.2 Å². The van der Waals surface area contributed by atoms with Gasteiger partial charge in [-0.2, -0.15) is 0 Å². The molecule has 0 heterocycles. The third-order valence-corrected chi connectivity index (χ3v) is 3.82. The normalized spacial score (nSPS) is 11.2. The van der Waals surface area contributed by atoms with E-state index in [2.05, 4.69) is 24.3 Å². The Morgan fingerprint density at radius 3 is 2.19 bits per heavy atom. The molecule has 2 nitrogen and oxygen atoms in total. The summed E-state index contributed by atoms with van der Waals surface area (Å²) in [7, 11) is 0. The molecule has 0 fully saturated rings. The molecule has 0 radical (unpaired) electrons. The predicted molar refractivity (Wildman–Crippen MR) is 86.8 cm³/mol. The summed E-state index contributed by atoms with van der Waals surface area (Å²) in [4.78, 5) is 0. The molecule has 0 aliphatic rings. The van der Waals surface area contributed by atoms with E-state index >= 15 is 0 Å². The summed E-state index contributed by atoms with van der Waals surface area (Å²) in [5, 5.41) is 22.3. The van der Waals surface area contributed by atoms with Gasteiger partial charge < -0.3 is 10.2 Å². The van der Waals surface area contributed by atoms with Crippen molar-refractivity contribution >= 4 is 10.8 Å². The smallest absolute Gasteiger partial charge is 0.160 e. The van der Waals surface area contributed by atoms with Crippen LogP contribution in [-0.2, 0) is 0 Å². The third kappa shape index (κ3) is 2.45. The summed E-state index contributed by atoms with van der Waals surface area (Å²) in [6, 6.07) is 18.0. The van der Waals surface area contributed by atoms with Crippen LogP contribution in [0.5, 0.6) is 11.5 Å². The van der Waals surface area contributed by atoms with Crippen molar-refractivity contribution in [2.75, 3.05) is 0 Å². The number of aromatic hydroxyl groups is 2. The van der Waals surface area contributed by atoms with Gasteiger partial charge >= 0.3 is 0 Å². The molecule has 0 bridgehead atoms. The van der Waals surface area contributed by atoms with Gasteiger partial charge in [-0.05, 0) is 46.0 Å². The first-order valence-electron chi connectivity index (χ1n) is 7.11. The van der Waals surface area contributed by atoms with Crippen molar-refractivity contribution in [3.8, 4) is 22.6 Å². The monoisotopic (exact) mass is 278 g/mol. The fourth-order valence-electron chi connectivity index (χ4n) is 2.62. The highest BCUT2D eigenvalue weighted by molar-refractivity contribution is 5.87. The Hall–Kier alpha value is -2.48. The molecule has 0 amide bonds. The molecule has 0 atom stereocenters. The summed E-state index contributed by atoms with van der Waals surface area (Å²) in [5.41, 5.74) is 2.71. The molecule has 3 aromatic rings. The minimum absolute atomic E-state index is 0.0189. The summed E-state index contributed by atoms with van der Waals surface area (Å²) in [5.74, 6) is 0.0650. The molecule has 0 saturated carbocycles. The fourth-order valence-corrected chi connectivity index (χ4v) is 2.62. The largest absolute Gasteiger partial charge is 0.504 e. The van der Waals surface area contributed by atoms with Gasteiger partial charge in [0, 0.05) is 5.56 Å². The highest BCUT2D eigenvalue weighted by atomic mass is 16.3. The van der Waals surface area contributed by atoms with Crippen LogP contribution in [0.4, 0.5) is 0 Å². The standard InChI is InChI=1S/C19H18O2/c1-12(2)17-10-16(11-18(20)19(17)21)15-8-7-13-5-3-4-6-14(13)9-15/h3-12,20-21H,1-2H3. The molecule has 21 heavy (non-hydrogen) atoms. The molecule has 0 spiro atoms. The second-order valence-electron chi connectivity index (χ2n) is 5.65. The highest BCUT2D eigenvalue weighted by Gasteiger charge is 2.13. The lowest BCUT2D eigenvalue weighted by atomic mass is 9.94. The Labute approximate surface area is 124 Å². The van der Waals surface area contributed by atoms with Crippen molar-refractivity contribution in [2.45, 2.75) is 19.8 Å². The van der Waals surface area contributed by atoms with Gasteiger partial charge in [-0.15, -0.1) is 0 Å². The van der Waals surface area contributed by atoms with Crippen LogP contribution in [-0.4, -0.2) is 10.2 Å². The van der Waals surface area contributed by atoms with E-state index in [0.29, 0.717) is 0 Å². The van der Waals surface area contributed by atoms with Crippen LogP contribution in [0.2, 0.25) is 0 Å². The van der Waals surface area contributed by atoms with Gasteiger partial charge in [0.15, 0.2) is 11.5 Å². The van der Waals surface area contributed by atoms with E-state index in [1.807, 2.05) is 38.1 Å². The topological polar surface area (TPSA) is 40.5 Å². The minimum Gasteiger partial charge on any atom is -0.504 e. The van der Waals surface area contributed by atoms with E-state index in [1.165, 1.54) is 5.39 Å². The molecule has 0 aliphatic heterocycles. The number of phenolic OH excluding ortho intramolecular Hbond substituents is 2. The van der Waals surface area contributed by atoms with Crippen LogP contribution in [0, 0.1) is 0 Å². The zero-order valence-corrected chi connectivity index (χ0v) is 12.2. The van der Waals surface area contributed by atoms with E-state index < -0.39 is 0 Å². The van der Waals surface area contributed by atoms with E-state index in [-0.39, 0.29) is 17.4 Å². The fraction of sp³-hybridized carbons (Fsp3) is 0.158. The maximum Gasteiger partial charge on any atom is 0.160 e. The van der Waals surface area contributed by atoms with Crippen LogP contribution in [0.1, 0.15) is 25.3 Å². The predicted octanol–water partition coefficient (Wildman–Crippen LogP) is 5.04. The van der Waals surface area contributed by atoms with Crippen molar-refractivity contribution in [1.29, 1.82) is 0 Å². The Bertz CT molecular complexity index is 804. The molecule has 3 rings (SSSR count). The zero-order valence-electron chi connectivity index (χ0n) is 12.2. The average molecular weight is 278 g/mol. The summed E-state index contributed by atoms with van der Waals surface area (Å²) in [6.07, 6.45) is 0. The molecule has 2 heteroatoms. The Morgan fingerprint density at radius 1 is 0.762 bits per heavy atom. The lowest BCUT2D eigenvalue weighted by Gasteiger charge is -2.13. The van der Waals surface area contributed by atoms with Crippen LogP contribution in [0.15, 0.2) is 54.6 Å². The zero-order chi connectivity index (χ0) is 15.0. The number of fused-ring (bicyclic) bond motifs is 1. The first kappa shape index (κ1) is 13.5. The lowest BCUT2D eigenvalue weighted by Crippen LogP contribution is -1.90. The molecule has 0 aliphatic carbocycles. The second-order valence-corrected chi connectivity index (χ2v) is 5.65. The molecular weight excluding hydrogens is 260 g/mol. The third-order valence-electron chi connectivity index (χ3n) is 3.82. The van der Waals surface area contributed by atoms with Gasteiger partial charge in [-0.25, -0.2) is 0 Å². The molecular formula is C19H18O2. The number of hydrogen-bond acceptors (Lipinski definition) is 2. The van der Waals surface area contributed by atoms with Crippen molar-refractivity contribution < 1.29 is 10.2 Å². The SMILES string of the molecule is CC(C)c1cc(-c2ccc3ccccc3c2)cc(O)c1O. The summed E-state index contributed by atoms with van der Waals surface area (Å²) < 4.78 is 0. The van der Waals surface area contributed by atoms with Crippen LogP contribution in [0.25, 0.3) is 21.9 Å². The van der Waals surface area contributed by atoms with Gasteiger partial charge in [-0.3, -0.25) is 0 Å². The van der Waals surface area contributed by atoms with E-state index in [1.54, 1.807) is 6.07 Å².